The predicted octanol–water partition coefficient (Wildman–Crippen LogP) is 0.796. The molecule has 15 heavy (non-hydrogen) atoms. The molecule has 0 saturated carbocycles. The van der Waals surface area contributed by atoms with E-state index in [1.807, 2.05) is 27.7 Å². The summed E-state index contributed by atoms with van der Waals surface area (Å²) in [5.74, 6) is -0.266. The highest BCUT2D eigenvalue weighted by molar-refractivity contribution is 5.85. The minimum absolute atomic E-state index is 0.0764. The van der Waals surface area contributed by atoms with E-state index in [1.54, 1.807) is 0 Å². The third kappa shape index (κ3) is 2.92. The summed E-state index contributed by atoms with van der Waals surface area (Å²) in [5.41, 5.74) is 4.93. The zero-order chi connectivity index (χ0) is 11.6. The van der Waals surface area contributed by atoms with Crippen molar-refractivity contribution in [2.75, 3.05) is 0 Å². The van der Waals surface area contributed by atoms with Gasteiger partial charge in [-0.25, -0.2) is 0 Å². The standard InChI is InChI=1S/C11H22N2O2/c1-7(2)13-11(10(12)14)5-8(3)15-9(4)6-11/h7-9,13H,5-6H2,1-4H3,(H2,12,14). The highest BCUT2D eigenvalue weighted by Gasteiger charge is 2.43. The Kier molecular flexibility index (Phi) is 3.73. The third-order valence-corrected chi connectivity index (χ3v) is 2.77. The van der Waals surface area contributed by atoms with E-state index >= 15 is 0 Å². The molecule has 1 aliphatic rings. The fourth-order valence-electron chi connectivity index (χ4n) is 2.50. The second-order valence-corrected chi connectivity index (χ2v) is 4.91. The fraction of sp³-hybridized carbons (Fsp3) is 0.909. The van der Waals surface area contributed by atoms with Gasteiger partial charge in [-0.3, -0.25) is 4.79 Å². The first kappa shape index (κ1) is 12.5. The third-order valence-electron chi connectivity index (χ3n) is 2.77. The van der Waals surface area contributed by atoms with Crippen molar-refractivity contribution in [1.29, 1.82) is 0 Å². The molecule has 0 aliphatic carbocycles. The van der Waals surface area contributed by atoms with E-state index in [2.05, 4.69) is 5.32 Å². The van der Waals surface area contributed by atoms with Crippen molar-refractivity contribution in [1.82, 2.24) is 5.32 Å². The van der Waals surface area contributed by atoms with Crippen LogP contribution in [0.1, 0.15) is 40.5 Å². The molecule has 0 bridgehead atoms. The smallest absolute Gasteiger partial charge is 0.237 e. The molecule has 0 radical (unpaired) electrons. The lowest BCUT2D eigenvalue weighted by molar-refractivity contribution is -0.136. The number of carbonyl (C=O) groups excluding carboxylic acids is 1. The number of nitrogens with two attached hydrogens (primary N) is 1. The number of rotatable bonds is 3. The maximum Gasteiger partial charge on any atom is 0.237 e. The van der Waals surface area contributed by atoms with Gasteiger partial charge in [-0.05, 0) is 27.7 Å². The summed E-state index contributed by atoms with van der Waals surface area (Å²) in [7, 11) is 0. The van der Waals surface area contributed by atoms with E-state index in [0.29, 0.717) is 12.8 Å². The highest BCUT2D eigenvalue weighted by atomic mass is 16.5. The first-order valence-electron chi connectivity index (χ1n) is 5.59. The van der Waals surface area contributed by atoms with E-state index < -0.39 is 5.54 Å². The molecule has 88 valence electrons. The predicted molar refractivity (Wildman–Crippen MR) is 59.4 cm³/mol. The van der Waals surface area contributed by atoms with Gasteiger partial charge in [0.05, 0.1) is 12.2 Å². The molecule has 2 unspecified atom stereocenters. The van der Waals surface area contributed by atoms with Crippen LogP contribution in [0.5, 0.6) is 0 Å². The zero-order valence-corrected chi connectivity index (χ0v) is 10.0. The van der Waals surface area contributed by atoms with Gasteiger partial charge in [-0.2, -0.15) is 0 Å². The number of hydrogen-bond acceptors (Lipinski definition) is 3. The second-order valence-electron chi connectivity index (χ2n) is 4.91. The number of nitrogens with one attached hydrogen (secondary N) is 1. The molecule has 2 atom stereocenters. The Morgan fingerprint density at radius 1 is 1.40 bits per heavy atom. The Labute approximate surface area is 91.5 Å². The minimum atomic E-state index is -0.592. The summed E-state index contributed by atoms with van der Waals surface area (Å²) in [4.78, 5) is 11.6. The summed E-state index contributed by atoms with van der Waals surface area (Å²) in [6, 6.07) is 0.245. The SMILES string of the molecule is CC(C)NC1(C(N)=O)CC(C)OC(C)C1. The molecule has 1 saturated heterocycles. The van der Waals surface area contributed by atoms with Crippen molar-refractivity contribution < 1.29 is 9.53 Å². The van der Waals surface area contributed by atoms with Gasteiger partial charge >= 0.3 is 0 Å². The van der Waals surface area contributed by atoms with Crippen LogP contribution in [-0.4, -0.2) is 29.7 Å². The van der Waals surface area contributed by atoms with Gasteiger partial charge in [0.1, 0.15) is 5.54 Å². The van der Waals surface area contributed by atoms with Crippen LogP contribution in [0.3, 0.4) is 0 Å². The van der Waals surface area contributed by atoms with Gasteiger partial charge in [-0.15, -0.1) is 0 Å². The van der Waals surface area contributed by atoms with Crippen molar-refractivity contribution in [3.05, 3.63) is 0 Å². The van der Waals surface area contributed by atoms with E-state index in [9.17, 15) is 4.79 Å². The van der Waals surface area contributed by atoms with Crippen LogP contribution < -0.4 is 11.1 Å². The van der Waals surface area contributed by atoms with Crippen molar-refractivity contribution in [3.8, 4) is 0 Å². The van der Waals surface area contributed by atoms with Gasteiger partial charge in [0.25, 0.3) is 0 Å². The summed E-state index contributed by atoms with van der Waals surface area (Å²) < 4.78 is 5.63. The minimum Gasteiger partial charge on any atom is -0.375 e. The molecule has 0 aromatic rings. The maximum absolute atomic E-state index is 11.6. The Morgan fingerprint density at radius 3 is 2.20 bits per heavy atom. The zero-order valence-electron chi connectivity index (χ0n) is 10.0. The Hall–Kier alpha value is -0.610. The molecular formula is C11H22N2O2. The summed E-state index contributed by atoms with van der Waals surface area (Å²) in [6.07, 6.45) is 1.47. The number of carbonyl (C=O) groups is 1. The van der Waals surface area contributed by atoms with Gasteiger partial charge < -0.3 is 15.8 Å². The van der Waals surface area contributed by atoms with Crippen LogP contribution in [-0.2, 0) is 9.53 Å². The fourth-order valence-corrected chi connectivity index (χ4v) is 2.50. The largest absolute Gasteiger partial charge is 0.375 e. The Bertz CT molecular complexity index is 225. The molecule has 0 spiro atoms. The molecule has 0 aromatic carbocycles. The van der Waals surface area contributed by atoms with E-state index in [-0.39, 0.29) is 24.2 Å². The van der Waals surface area contributed by atoms with E-state index in [1.165, 1.54) is 0 Å². The molecule has 1 fully saturated rings. The van der Waals surface area contributed by atoms with Crippen LogP contribution in [0, 0.1) is 0 Å². The maximum atomic E-state index is 11.6. The number of primary amides is 1. The molecule has 3 N–H and O–H groups in total. The Balaban J connectivity index is 2.84. The second kappa shape index (κ2) is 4.49. The number of ether oxygens (including phenoxy) is 1. The number of amides is 1. The molecule has 4 heteroatoms. The van der Waals surface area contributed by atoms with Crippen LogP contribution >= 0.6 is 0 Å². The van der Waals surface area contributed by atoms with Crippen LogP contribution in [0.15, 0.2) is 0 Å². The monoisotopic (exact) mass is 214 g/mol. The lowest BCUT2D eigenvalue weighted by Gasteiger charge is -2.42. The molecule has 1 aliphatic heterocycles. The van der Waals surface area contributed by atoms with E-state index in [0.717, 1.165) is 0 Å². The molecule has 1 amide bonds. The lowest BCUT2D eigenvalue weighted by atomic mass is 9.83. The molecular weight excluding hydrogens is 192 g/mol. The van der Waals surface area contributed by atoms with Crippen molar-refractivity contribution in [2.24, 2.45) is 5.73 Å². The van der Waals surface area contributed by atoms with Crippen LogP contribution in [0.25, 0.3) is 0 Å². The van der Waals surface area contributed by atoms with Crippen LogP contribution in [0.4, 0.5) is 0 Å². The first-order valence-corrected chi connectivity index (χ1v) is 5.59. The molecule has 0 aromatic heterocycles. The summed E-state index contributed by atoms with van der Waals surface area (Å²) >= 11 is 0. The van der Waals surface area contributed by atoms with Crippen molar-refractivity contribution >= 4 is 5.91 Å². The highest BCUT2D eigenvalue weighted by Crippen LogP contribution is 2.29. The average Bonchev–Trinajstić information content (AvgIpc) is 1.99. The van der Waals surface area contributed by atoms with E-state index in [4.69, 9.17) is 10.5 Å². The van der Waals surface area contributed by atoms with Crippen molar-refractivity contribution in [2.45, 2.75) is 64.3 Å². The summed E-state index contributed by atoms with van der Waals surface area (Å²) in [6.45, 7) is 8.01. The molecule has 1 heterocycles. The quantitative estimate of drug-likeness (QED) is 0.730. The molecule has 1 rings (SSSR count). The van der Waals surface area contributed by atoms with Gasteiger partial charge in [0.15, 0.2) is 0 Å². The van der Waals surface area contributed by atoms with Crippen LogP contribution in [0.2, 0.25) is 0 Å². The number of hydrogen-bond donors (Lipinski definition) is 2. The lowest BCUT2D eigenvalue weighted by Crippen LogP contribution is -2.62. The van der Waals surface area contributed by atoms with Crippen molar-refractivity contribution in [3.63, 3.8) is 0 Å². The van der Waals surface area contributed by atoms with Gasteiger partial charge in [0.2, 0.25) is 5.91 Å². The Morgan fingerprint density at radius 2 is 1.87 bits per heavy atom. The molecule has 4 nitrogen and oxygen atoms in total. The summed E-state index contributed by atoms with van der Waals surface area (Å²) in [5, 5.41) is 3.30. The first-order chi connectivity index (χ1) is 6.85. The topological polar surface area (TPSA) is 64.3 Å². The van der Waals surface area contributed by atoms with Gasteiger partial charge in [0, 0.05) is 18.9 Å². The van der Waals surface area contributed by atoms with Gasteiger partial charge in [-0.1, -0.05) is 0 Å². The average molecular weight is 214 g/mol. The normalized spacial score (nSPS) is 36.9.